The molecule has 1 unspecified atom stereocenters. The van der Waals surface area contributed by atoms with E-state index in [4.69, 9.17) is 5.11 Å². The molecule has 0 aliphatic rings. The van der Waals surface area contributed by atoms with Crippen LogP contribution in [0.5, 0.6) is 0 Å². The van der Waals surface area contributed by atoms with Gasteiger partial charge in [-0.05, 0) is 26.0 Å². The van der Waals surface area contributed by atoms with Crippen molar-refractivity contribution in [3.63, 3.8) is 0 Å². The third-order valence-electron chi connectivity index (χ3n) is 2.85. The van der Waals surface area contributed by atoms with Crippen molar-refractivity contribution in [2.24, 2.45) is 0 Å². The molecule has 0 fully saturated rings. The van der Waals surface area contributed by atoms with Crippen LogP contribution in [-0.4, -0.2) is 42.6 Å². The number of hydrogen-bond donors (Lipinski definition) is 2. The number of carboxylic acid groups (broad SMARTS) is 1. The van der Waals surface area contributed by atoms with Crippen LogP contribution in [0.2, 0.25) is 0 Å². The zero-order chi connectivity index (χ0) is 15.4. The minimum atomic E-state index is -1.05. The summed E-state index contributed by atoms with van der Waals surface area (Å²) in [4.78, 5) is 22.8. The third kappa shape index (κ3) is 3.91. The predicted octanol–water partition coefficient (Wildman–Crippen LogP) is 0.291. The Morgan fingerprint density at radius 1 is 1.43 bits per heavy atom. The SMILES string of the molecule is Cc1ccn(CC(C)NC(=O)c2ccnn2CC(=O)O)n1. The quantitative estimate of drug-likeness (QED) is 0.796. The highest BCUT2D eigenvalue weighted by Gasteiger charge is 2.16. The van der Waals surface area contributed by atoms with Crippen LogP contribution in [0.1, 0.15) is 23.1 Å². The molecule has 2 N–H and O–H groups in total. The summed E-state index contributed by atoms with van der Waals surface area (Å²) in [6, 6.07) is 3.23. The summed E-state index contributed by atoms with van der Waals surface area (Å²) in [5.41, 5.74) is 1.13. The molecule has 8 heteroatoms. The molecule has 0 saturated carbocycles. The monoisotopic (exact) mass is 291 g/mol. The van der Waals surface area contributed by atoms with E-state index < -0.39 is 5.97 Å². The summed E-state index contributed by atoms with van der Waals surface area (Å²) in [7, 11) is 0. The molecule has 2 aromatic rings. The van der Waals surface area contributed by atoms with Gasteiger partial charge in [-0.25, -0.2) is 4.68 Å². The van der Waals surface area contributed by atoms with Gasteiger partial charge < -0.3 is 10.4 Å². The van der Waals surface area contributed by atoms with E-state index in [1.165, 1.54) is 12.3 Å². The summed E-state index contributed by atoms with van der Waals surface area (Å²) >= 11 is 0. The van der Waals surface area contributed by atoms with Crippen LogP contribution >= 0.6 is 0 Å². The molecule has 2 aromatic heterocycles. The lowest BCUT2D eigenvalue weighted by Gasteiger charge is -2.14. The van der Waals surface area contributed by atoms with E-state index in [1.807, 2.05) is 26.1 Å². The number of aromatic nitrogens is 4. The third-order valence-corrected chi connectivity index (χ3v) is 2.85. The lowest BCUT2D eigenvalue weighted by atomic mass is 10.3. The highest BCUT2D eigenvalue weighted by Crippen LogP contribution is 2.01. The van der Waals surface area contributed by atoms with Crippen molar-refractivity contribution in [3.05, 3.63) is 35.9 Å². The second kappa shape index (κ2) is 6.21. The summed E-state index contributed by atoms with van der Waals surface area (Å²) in [6.07, 6.45) is 3.24. The maximum atomic E-state index is 12.1. The van der Waals surface area contributed by atoms with Gasteiger partial charge in [0.2, 0.25) is 0 Å². The van der Waals surface area contributed by atoms with Crippen LogP contribution in [0, 0.1) is 6.92 Å². The van der Waals surface area contributed by atoms with Gasteiger partial charge in [-0.2, -0.15) is 10.2 Å². The lowest BCUT2D eigenvalue weighted by Crippen LogP contribution is -2.37. The lowest BCUT2D eigenvalue weighted by molar-refractivity contribution is -0.137. The van der Waals surface area contributed by atoms with Gasteiger partial charge in [0.25, 0.3) is 5.91 Å². The number of carboxylic acids is 1. The van der Waals surface area contributed by atoms with Crippen molar-refractivity contribution in [1.82, 2.24) is 24.9 Å². The van der Waals surface area contributed by atoms with E-state index >= 15 is 0 Å². The minimum Gasteiger partial charge on any atom is -0.480 e. The maximum Gasteiger partial charge on any atom is 0.325 e. The Balaban J connectivity index is 1.97. The Labute approximate surface area is 121 Å². The number of aliphatic carboxylic acids is 1. The fourth-order valence-corrected chi connectivity index (χ4v) is 1.97. The number of nitrogens with zero attached hydrogens (tertiary/aromatic N) is 4. The molecular formula is C13H17N5O3. The molecule has 2 rings (SSSR count). The topological polar surface area (TPSA) is 102 Å². The van der Waals surface area contributed by atoms with Crippen molar-refractivity contribution in [3.8, 4) is 0 Å². The zero-order valence-electron chi connectivity index (χ0n) is 11.9. The summed E-state index contributed by atoms with van der Waals surface area (Å²) in [5.74, 6) is -1.40. The molecule has 8 nitrogen and oxygen atoms in total. The van der Waals surface area contributed by atoms with Crippen LogP contribution < -0.4 is 5.32 Å². The Bertz CT molecular complexity index is 646. The molecule has 0 radical (unpaired) electrons. The maximum absolute atomic E-state index is 12.1. The predicted molar refractivity (Wildman–Crippen MR) is 73.8 cm³/mol. The normalized spacial score (nSPS) is 12.1. The van der Waals surface area contributed by atoms with E-state index in [2.05, 4.69) is 15.5 Å². The smallest absolute Gasteiger partial charge is 0.325 e. The molecule has 0 aliphatic heterocycles. The Hall–Kier alpha value is -2.64. The number of aryl methyl sites for hydroxylation is 1. The Morgan fingerprint density at radius 2 is 2.19 bits per heavy atom. The molecule has 0 aliphatic carbocycles. The van der Waals surface area contributed by atoms with Crippen molar-refractivity contribution in [2.75, 3.05) is 0 Å². The van der Waals surface area contributed by atoms with Crippen LogP contribution in [0.4, 0.5) is 0 Å². The van der Waals surface area contributed by atoms with Gasteiger partial charge in [0.05, 0.1) is 12.2 Å². The van der Waals surface area contributed by atoms with Gasteiger partial charge in [0, 0.05) is 18.4 Å². The van der Waals surface area contributed by atoms with Crippen LogP contribution in [0.3, 0.4) is 0 Å². The molecular weight excluding hydrogens is 274 g/mol. The molecule has 1 atom stereocenters. The first kappa shape index (κ1) is 14.8. The van der Waals surface area contributed by atoms with E-state index in [0.29, 0.717) is 6.54 Å². The first-order chi connectivity index (χ1) is 9.95. The van der Waals surface area contributed by atoms with E-state index in [-0.39, 0.29) is 24.2 Å². The summed E-state index contributed by atoms with van der Waals surface area (Å²) in [5, 5.41) is 19.6. The molecule has 0 saturated heterocycles. The van der Waals surface area contributed by atoms with Crippen molar-refractivity contribution in [1.29, 1.82) is 0 Å². The van der Waals surface area contributed by atoms with Crippen molar-refractivity contribution >= 4 is 11.9 Å². The molecule has 21 heavy (non-hydrogen) atoms. The van der Waals surface area contributed by atoms with Gasteiger partial charge in [0.15, 0.2) is 0 Å². The van der Waals surface area contributed by atoms with Gasteiger partial charge >= 0.3 is 5.97 Å². The van der Waals surface area contributed by atoms with Crippen molar-refractivity contribution < 1.29 is 14.7 Å². The molecule has 0 aromatic carbocycles. The first-order valence-corrected chi connectivity index (χ1v) is 6.50. The number of carbonyl (C=O) groups is 2. The highest BCUT2D eigenvalue weighted by molar-refractivity contribution is 5.93. The Kier molecular flexibility index (Phi) is 4.36. The highest BCUT2D eigenvalue weighted by atomic mass is 16.4. The Morgan fingerprint density at radius 3 is 2.81 bits per heavy atom. The average molecular weight is 291 g/mol. The average Bonchev–Trinajstić information content (AvgIpc) is 2.97. The zero-order valence-corrected chi connectivity index (χ0v) is 11.9. The van der Waals surface area contributed by atoms with E-state index in [0.717, 1.165) is 10.4 Å². The van der Waals surface area contributed by atoms with Crippen LogP contribution in [-0.2, 0) is 17.9 Å². The standard InChI is InChI=1S/C13H17N5O3/c1-9-4-6-17(16-9)7-10(2)15-13(21)11-3-5-14-18(11)8-12(19)20/h3-6,10H,7-8H2,1-2H3,(H,15,21)(H,19,20). The molecule has 0 bridgehead atoms. The largest absolute Gasteiger partial charge is 0.480 e. The summed E-state index contributed by atoms with van der Waals surface area (Å²) < 4.78 is 2.90. The van der Waals surface area contributed by atoms with Crippen LogP contribution in [0.15, 0.2) is 24.5 Å². The second-order valence-electron chi connectivity index (χ2n) is 4.82. The minimum absolute atomic E-state index is 0.148. The number of nitrogens with one attached hydrogen (secondary N) is 1. The van der Waals surface area contributed by atoms with Crippen molar-refractivity contribution in [2.45, 2.75) is 33.0 Å². The molecule has 1 amide bonds. The molecule has 2 heterocycles. The number of rotatable bonds is 6. The summed E-state index contributed by atoms with van der Waals surface area (Å²) in [6.45, 7) is 3.94. The van der Waals surface area contributed by atoms with Gasteiger partial charge in [0.1, 0.15) is 12.2 Å². The van der Waals surface area contributed by atoms with Gasteiger partial charge in [-0.3, -0.25) is 14.3 Å². The first-order valence-electron chi connectivity index (χ1n) is 6.50. The molecule has 112 valence electrons. The second-order valence-corrected chi connectivity index (χ2v) is 4.82. The van der Waals surface area contributed by atoms with E-state index in [9.17, 15) is 9.59 Å². The van der Waals surface area contributed by atoms with Crippen LogP contribution in [0.25, 0.3) is 0 Å². The number of hydrogen-bond acceptors (Lipinski definition) is 4. The number of amides is 1. The fourth-order valence-electron chi connectivity index (χ4n) is 1.97. The number of carbonyl (C=O) groups excluding carboxylic acids is 1. The van der Waals surface area contributed by atoms with Gasteiger partial charge in [-0.1, -0.05) is 0 Å². The van der Waals surface area contributed by atoms with Gasteiger partial charge in [-0.15, -0.1) is 0 Å². The molecule has 0 spiro atoms. The van der Waals surface area contributed by atoms with E-state index in [1.54, 1.807) is 4.68 Å². The fraction of sp³-hybridized carbons (Fsp3) is 0.385.